The van der Waals surface area contributed by atoms with Gasteiger partial charge in [0.15, 0.2) is 22.5 Å². The molecule has 314 valence electrons. The number of ether oxygens (including phenoxy) is 3. The largest absolute Gasteiger partial charge is 0.408 e. The standard InChI is InChI=1S/C41H49N6O10PS/c1-39(2,26-54-41(28-13-7-4-8-14-28,29-15-9-5-10-16-29)30-17-11-6-12-18-30)37(50)59-24-23-55-58(52,46-19-21-53-22-20-46)56-25-31-33(48)40(3,51)36(57-31)47-27-43-32-34(47)44-38(42)45-35(32)49/h4-18,27,31,33,36,48,51H,19-26H2,1-3H3,(H3,42,44,45,49)/t31-,33-,36-,40-,58?/m1/s1. The third-order valence-electron chi connectivity index (χ3n) is 10.5. The molecule has 59 heavy (non-hydrogen) atoms. The highest BCUT2D eigenvalue weighted by atomic mass is 32.2. The fraction of sp³-hybridized carbons (Fsp3) is 0.415. The van der Waals surface area contributed by atoms with Gasteiger partial charge in [0.1, 0.15) is 23.4 Å². The van der Waals surface area contributed by atoms with Crippen molar-refractivity contribution in [2.75, 3.05) is 57.6 Å². The molecule has 0 radical (unpaired) electrons. The third kappa shape index (κ3) is 8.82. The first-order valence-corrected chi connectivity index (χ1v) is 21.7. The molecule has 0 bridgehead atoms. The van der Waals surface area contributed by atoms with Crippen molar-refractivity contribution in [2.24, 2.45) is 5.41 Å². The van der Waals surface area contributed by atoms with E-state index in [1.54, 1.807) is 0 Å². The summed E-state index contributed by atoms with van der Waals surface area (Å²) in [5.41, 5.74) is 4.07. The molecule has 4 heterocycles. The first-order valence-electron chi connectivity index (χ1n) is 19.2. The second-order valence-corrected chi connectivity index (χ2v) is 18.3. The molecule has 5 N–H and O–H groups in total. The number of hydrogen-bond donors (Lipinski definition) is 4. The normalized spacial score (nSPS) is 22.7. The molecule has 16 nitrogen and oxygen atoms in total. The maximum absolute atomic E-state index is 14.4. The number of aromatic amines is 1. The van der Waals surface area contributed by atoms with Crippen LogP contribution in [0.4, 0.5) is 5.95 Å². The SMILES string of the molecule is CC(C)(COC(c1ccccc1)(c1ccccc1)c1ccccc1)C(=O)SCCOP(=O)(OC[C@H]1O[C@@H](n2cnc3c(=O)[nH]c(N)nc32)[C@](C)(O)[C@@H]1O)N1CCOCC1. The number of benzene rings is 3. The van der Waals surface area contributed by atoms with Gasteiger partial charge >= 0.3 is 7.75 Å². The molecule has 5 atom stereocenters. The Kier molecular flexibility index (Phi) is 12.9. The second kappa shape index (κ2) is 17.8. The van der Waals surface area contributed by atoms with Crippen LogP contribution in [0, 0.1) is 5.41 Å². The summed E-state index contributed by atoms with van der Waals surface area (Å²) >= 11 is 1.04. The minimum absolute atomic E-state index is 0.0371. The van der Waals surface area contributed by atoms with E-state index in [1.807, 2.05) is 105 Å². The number of fused-ring (bicyclic) bond motifs is 1. The number of morpholine rings is 1. The number of nitrogens with one attached hydrogen (secondary N) is 1. The molecular weight excluding hydrogens is 800 g/mol. The minimum atomic E-state index is -4.05. The van der Waals surface area contributed by atoms with Crippen molar-refractivity contribution >= 4 is 41.7 Å². The third-order valence-corrected chi connectivity index (χ3v) is 13.8. The van der Waals surface area contributed by atoms with Crippen LogP contribution in [0.2, 0.25) is 0 Å². The average molecular weight is 849 g/mol. The average Bonchev–Trinajstić information content (AvgIpc) is 3.76. The summed E-state index contributed by atoms with van der Waals surface area (Å²) in [7, 11) is -4.05. The molecule has 2 aliphatic heterocycles. The van der Waals surface area contributed by atoms with Gasteiger partial charge in [-0.3, -0.25) is 28.2 Å². The number of rotatable bonds is 16. The molecule has 0 spiro atoms. The van der Waals surface area contributed by atoms with Crippen molar-refractivity contribution in [3.8, 4) is 0 Å². The number of anilines is 1. The summed E-state index contributed by atoms with van der Waals surface area (Å²) in [5, 5.41) is 22.4. The van der Waals surface area contributed by atoms with E-state index in [2.05, 4.69) is 15.0 Å². The van der Waals surface area contributed by atoms with Crippen LogP contribution in [-0.2, 0) is 38.2 Å². The van der Waals surface area contributed by atoms with Crippen LogP contribution in [0.1, 0.15) is 43.7 Å². The van der Waals surface area contributed by atoms with E-state index in [9.17, 15) is 24.4 Å². The van der Waals surface area contributed by atoms with Gasteiger partial charge in [-0.1, -0.05) is 103 Å². The first-order chi connectivity index (χ1) is 28.3. The molecule has 1 unspecified atom stereocenters. The summed E-state index contributed by atoms with van der Waals surface area (Å²) in [6.07, 6.45) is -2.72. The molecule has 0 saturated carbocycles. The van der Waals surface area contributed by atoms with Crippen LogP contribution in [0.5, 0.6) is 0 Å². The predicted octanol–water partition coefficient (Wildman–Crippen LogP) is 4.48. The van der Waals surface area contributed by atoms with Gasteiger partial charge in [-0.2, -0.15) is 4.98 Å². The van der Waals surface area contributed by atoms with Crippen LogP contribution < -0.4 is 11.3 Å². The van der Waals surface area contributed by atoms with E-state index in [0.29, 0.717) is 0 Å². The Labute approximate surface area is 345 Å². The van der Waals surface area contributed by atoms with Crippen molar-refractivity contribution < 1.29 is 42.8 Å². The number of carbonyl (C=O) groups excluding carboxylic acids is 1. The molecule has 0 aliphatic carbocycles. The molecule has 7 rings (SSSR count). The molecule has 0 amide bonds. The number of aromatic nitrogens is 4. The van der Waals surface area contributed by atoms with Gasteiger partial charge in [-0.25, -0.2) is 14.2 Å². The van der Waals surface area contributed by atoms with Gasteiger partial charge in [0.25, 0.3) is 5.56 Å². The van der Waals surface area contributed by atoms with Crippen molar-refractivity contribution in [1.82, 2.24) is 24.2 Å². The lowest BCUT2D eigenvalue weighted by Gasteiger charge is -2.38. The Hall–Kier alpha value is -4.26. The molecule has 18 heteroatoms. The smallest absolute Gasteiger partial charge is 0.387 e. The summed E-state index contributed by atoms with van der Waals surface area (Å²) in [6.45, 7) is 5.63. The highest BCUT2D eigenvalue weighted by Crippen LogP contribution is 2.53. The van der Waals surface area contributed by atoms with Crippen LogP contribution in [0.15, 0.2) is 102 Å². The molecule has 2 fully saturated rings. The highest BCUT2D eigenvalue weighted by molar-refractivity contribution is 8.13. The number of H-pyrrole nitrogens is 1. The Morgan fingerprint density at radius 3 is 2.15 bits per heavy atom. The number of nitrogens with two attached hydrogens (primary N) is 1. The summed E-state index contributed by atoms with van der Waals surface area (Å²) in [6, 6.07) is 29.8. The van der Waals surface area contributed by atoms with Gasteiger partial charge in [-0.05, 0) is 37.5 Å². The van der Waals surface area contributed by atoms with Crippen LogP contribution in [-0.4, -0.2) is 109 Å². The molecule has 3 aromatic carbocycles. The summed E-state index contributed by atoms with van der Waals surface area (Å²) < 4.78 is 47.7. The zero-order chi connectivity index (χ0) is 41.8. The number of carbonyl (C=O) groups is 1. The maximum atomic E-state index is 14.4. The molecule has 2 saturated heterocycles. The number of imidazole rings is 1. The minimum Gasteiger partial charge on any atom is -0.387 e. The Balaban J connectivity index is 1.01. The van der Waals surface area contributed by atoms with Gasteiger partial charge in [-0.15, -0.1) is 0 Å². The molecule has 5 aromatic rings. The number of hydrogen-bond acceptors (Lipinski definition) is 14. The van der Waals surface area contributed by atoms with E-state index in [-0.39, 0.29) is 67.5 Å². The topological polar surface area (TPSA) is 214 Å². The van der Waals surface area contributed by atoms with Crippen LogP contribution in [0.3, 0.4) is 0 Å². The number of nitrogen functional groups attached to an aromatic ring is 1. The van der Waals surface area contributed by atoms with Crippen molar-refractivity contribution in [3.05, 3.63) is 124 Å². The summed E-state index contributed by atoms with van der Waals surface area (Å²) in [5.74, 6) is -0.0115. The van der Waals surface area contributed by atoms with Crippen LogP contribution >= 0.6 is 19.5 Å². The Bertz CT molecular complexity index is 2210. The van der Waals surface area contributed by atoms with Crippen molar-refractivity contribution in [1.29, 1.82) is 0 Å². The van der Waals surface area contributed by atoms with E-state index in [4.69, 9.17) is 29.0 Å². The van der Waals surface area contributed by atoms with E-state index in [1.165, 1.54) is 22.5 Å². The van der Waals surface area contributed by atoms with E-state index in [0.717, 1.165) is 28.5 Å². The van der Waals surface area contributed by atoms with Gasteiger partial charge in [0.05, 0.1) is 44.8 Å². The zero-order valence-corrected chi connectivity index (χ0v) is 34.7. The van der Waals surface area contributed by atoms with Crippen molar-refractivity contribution in [2.45, 2.75) is 50.4 Å². The van der Waals surface area contributed by atoms with E-state index >= 15 is 0 Å². The zero-order valence-electron chi connectivity index (χ0n) is 33.0. The van der Waals surface area contributed by atoms with Crippen molar-refractivity contribution in [3.63, 3.8) is 0 Å². The predicted molar refractivity (Wildman–Crippen MR) is 221 cm³/mol. The maximum Gasteiger partial charge on any atom is 0.408 e. The quantitative estimate of drug-likeness (QED) is 0.0612. The highest BCUT2D eigenvalue weighted by Gasteiger charge is 2.54. The Morgan fingerprint density at radius 2 is 1.58 bits per heavy atom. The molecule has 2 aromatic heterocycles. The lowest BCUT2D eigenvalue weighted by Crippen LogP contribution is -2.44. The fourth-order valence-corrected chi connectivity index (χ4v) is 9.89. The molecular formula is C41H49N6O10PS. The lowest BCUT2D eigenvalue weighted by atomic mass is 9.79. The number of aliphatic hydroxyl groups excluding tert-OH is 1. The number of thioether (sulfide) groups is 1. The number of aliphatic hydroxyl groups is 2. The van der Waals surface area contributed by atoms with Crippen LogP contribution in [0.25, 0.3) is 11.2 Å². The molecule has 2 aliphatic rings. The number of nitrogens with zero attached hydrogens (tertiary/aromatic N) is 4. The van der Waals surface area contributed by atoms with Gasteiger partial charge in [0, 0.05) is 18.8 Å². The Morgan fingerprint density at radius 1 is 1.00 bits per heavy atom. The lowest BCUT2D eigenvalue weighted by molar-refractivity contribution is -0.124. The second-order valence-electron chi connectivity index (χ2n) is 15.2. The first kappa shape index (κ1) is 42.8. The van der Waals surface area contributed by atoms with Gasteiger partial charge in [0.2, 0.25) is 5.95 Å². The summed E-state index contributed by atoms with van der Waals surface area (Å²) in [4.78, 5) is 36.8. The fourth-order valence-electron chi connectivity index (χ4n) is 7.26. The van der Waals surface area contributed by atoms with E-state index < -0.39 is 55.0 Å². The monoisotopic (exact) mass is 848 g/mol. The van der Waals surface area contributed by atoms with Gasteiger partial charge < -0.3 is 30.2 Å².